The van der Waals surface area contributed by atoms with Crippen LogP contribution in [0.3, 0.4) is 0 Å². The molecule has 1 atom stereocenters. The molecular formula is C11H16FNO2. The highest BCUT2D eigenvalue weighted by Gasteiger charge is 2.14. The number of nitrogens with one attached hydrogen (secondary N) is 1. The lowest BCUT2D eigenvalue weighted by molar-refractivity contribution is 0.169. The predicted molar refractivity (Wildman–Crippen MR) is 56.6 cm³/mol. The molecule has 0 radical (unpaired) electrons. The molecule has 4 heteroatoms. The lowest BCUT2D eigenvalue weighted by Gasteiger charge is -2.16. The molecule has 0 aromatic heterocycles. The van der Waals surface area contributed by atoms with Crippen LogP contribution in [0.1, 0.15) is 11.6 Å². The van der Waals surface area contributed by atoms with Gasteiger partial charge in [-0.25, -0.2) is 4.39 Å². The summed E-state index contributed by atoms with van der Waals surface area (Å²) in [5.41, 5.74) is 0.583. The zero-order chi connectivity index (χ0) is 11.3. The normalized spacial score (nSPS) is 12.5. The van der Waals surface area contributed by atoms with Gasteiger partial charge in [0.05, 0.1) is 19.8 Å². The van der Waals surface area contributed by atoms with Gasteiger partial charge in [0, 0.05) is 18.7 Å². The van der Waals surface area contributed by atoms with Crippen LogP contribution in [0, 0.1) is 5.82 Å². The molecule has 0 aliphatic carbocycles. The molecule has 84 valence electrons. The highest BCUT2D eigenvalue weighted by atomic mass is 19.1. The minimum absolute atomic E-state index is 0.138. The van der Waals surface area contributed by atoms with Crippen LogP contribution >= 0.6 is 0 Å². The van der Waals surface area contributed by atoms with Gasteiger partial charge in [-0.05, 0) is 13.1 Å². The van der Waals surface area contributed by atoms with Gasteiger partial charge in [-0.1, -0.05) is 6.07 Å². The maximum absolute atomic E-state index is 13.6. The second kappa shape index (κ2) is 5.68. The Hall–Kier alpha value is -1.13. The molecule has 0 aliphatic rings. The van der Waals surface area contributed by atoms with Gasteiger partial charge in [0.25, 0.3) is 0 Å². The van der Waals surface area contributed by atoms with Crippen molar-refractivity contribution in [3.05, 3.63) is 29.6 Å². The van der Waals surface area contributed by atoms with Crippen molar-refractivity contribution < 1.29 is 13.9 Å². The molecule has 1 rings (SSSR count). The molecule has 1 N–H and O–H groups in total. The van der Waals surface area contributed by atoms with E-state index in [4.69, 9.17) is 9.47 Å². The van der Waals surface area contributed by atoms with Gasteiger partial charge in [0.1, 0.15) is 11.6 Å². The molecule has 1 unspecified atom stereocenters. The van der Waals surface area contributed by atoms with Crippen LogP contribution in [0.4, 0.5) is 4.39 Å². The van der Waals surface area contributed by atoms with Gasteiger partial charge in [0.2, 0.25) is 0 Å². The Morgan fingerprint density at radius 2 is 2.13 bits per heavy atom. The van der Waals surface area contributed by atoms with Crippen molar-refractivity contribution >= 4 is 0 Å². The Morgan fingerprint density at radius 3 is 2.60 bits per heavy atom. The van der Waals surface area contributed by atoms with Crippen molar-refractivity contribution in [3.63, 3.8) is 0 Å². The average Bonchev–Trinajstić information content (AvgIpc) is 2.26. The highest BCUT2D eigenvalue weighted by Crippen LogP contribution is 2.21. The summed E-state index contributed by atoms with van der Waals surface area (Å²) in [6.45, 7) is 0.430. The van der Waals surface area contributed by atoms with E-state index < -0.39 is 0 Å². The Labute approximate surface area is 89.2 Å². The van der Waals surface area contributed by atoms with Crippen LogP contribution in [0.15, 0.2) is 18.2 Å². The molecule has 0 fully saturated rings. The first-order valence-electron chi connectivity index (χ1n) is 4.72. The fourth-order valence-electron chi connectivity index (χ4n) is 1.41. The van der Waals surface area contributed by atoms with Crippen molar-refractivity contribution in [3.8, 4) is 5.75 Å². The highest BCUT2D eigenvalue weighted by molar-refractivity contribution is 5.30. The summed E-state index contributed by atoms with van der Waals surface area (Å²) >= 11 is 0. The maximum Gasteiger partial charge on any atom is 0.131 e. The van der Waals surface area contributed by atoms with E-state index in [1.54, 1.807) is 26.3 Å². The van der Waals surface area contributed by atoms with Crippen molar-refractivity contribution in [2.75, 3.05) is 27.9 Å². The van der Waals surface area contributed by atoms with E-state index in [0.717, 1.165) is 0 Å². The van der Waals surface area contributed by atoms with Gasteiger partial charge in [-0.15, -0.1) is 0 Å². The number of hydrogen-bond donors (Lipinski definition) is 1. The van der Waals surface area contributed by atoms with Crippen molar-refractivity contribution in [2.45, 2.75) is 6.04 Å². The van der Waals surface area contributed by atoms with E-state index in [1.807, 2.05) is 0 Å². The van der Waals surface area contributed by atoms with Gasteiger partial charge in [-0.3, -0.25) is 0 Å². The second-order valence-corrected chi connectivity index (χ2v) is 3.18. The number of ether oxygens (including phenoxy) is 2. The van der Waals surface area contributed by atoms with Crippen LogP contribution in [0.2, 0.25) is 0 Å². The largest absolute Gasteiger partial charge is 0.497 e. The smallest absolute Gasteiger partial charge is 0.131 e. The van der Waals surface area contributed by atoms with Crippen LogP contribution < -0.4 is 10.1 Å². The number of halogens is 1. The fraction of sp³-hybridized carbons (Fsp3) is 0.455. The zero-order valence-electron chi connectivity index (χ0n) is 9.21. The number of benzene rings is 1. The Bertz CT molecular complexity index is 317. The molecule has 0 spiro atoms. The maximum atomic E-state index is 13.6. The van der Waals surface area contributed by atoms with E-state index in [1.165, 1.54) is 13.2 Å². The Kier molecular flexibility index (Phi) is 4.52. The molecule has 0 saturated heterocycles. The van der Waals surface area contributed by atoms with Crippen LogP contribution in [0.25, 0.3) is 0 Å². The van der Waals surface area contributed by atoms with Crippen molar-refractivity contribution in [1.29, 1.82) is 0 Å². The molecule has 0 saturated carbocycles. The quantitative estimate of drug-likeness (QED) is 0.808. The monoisotopic (exact) mass is 213 g/mol. The van der Waals surface area contributed by atoms with Crippen LogP contribution in [0.5, 0.6) is 5.75 Å². The number of rotatable bonds is 5. The SMILES string of the molecule is CNC(COC)c1ccc(OC)cc1F. The first-order valence-corrected chi connectivity index (χ1v) is 4.72. The predicted octanol–water partition coefficient (Wildman–Crippen LogP) is 1.74. The van der Waals surface area contributed by atoms with E-state index in [0.29, 0.717) is 17.9 Å². The van der Waals surface area contributed by atoms with Crippen LogP contribution in [-0.4, -0.2) is 27.9 Å². The summed E-state index contributed by atoms with van der Waals surface area (Å²) in [4.78, 5) is 0. The van der Waals surface area contributed by atoms with Gasteiger partial charge >= 0.3 is 0 Å². The topological polar surface area (TPSA) is 30.5 Å². The Morgan fingerprint density at radius 1 is 1.40 bits per heavy atom. The Balaban J connectivity index is 2.92. The summed E-state index contributed by atoms with van der Waals surface area (Å²) in [5, 5.41) is 2.99. The third kappa shape index (κ3) is 2.91. The molecule has 0 bridgehead atoms. The summed E-state index contributed by atoms with van der Waals surface area (Å²) in [7, 11) is 4.87. The second-order valence-electron chi connectivity index (χ2n) is 3.18. The minimum Gasteiger partial charge on any atom is -0.497 e. The lowest BCUT2D eigenvalue weighted by Crippen LogP contribution is -2.22. The molecule has 0 aliphatic heterocycles. The first-order chi connectivity index (χ1) is 7.22. The molecule has 1 aromatic carbocycles. The first kappa shape index (κ1) is 11.9. The van der Waals surface area contributed by atoms with Crippen molar-refractivity contribution in [1.82, 2.24) is 5.32 Å². The summed E-state index contributed by atoms with van der Waals surface area (Å²) in [5.74, 6) is 0.231. The fourth-order valence-corrected chi connectivity index (χ4v) is 1.41. The van der Waals surface area contributed by atoms with Crippen molar-refractivity contribution in [2.24, 2.45) is 0 Å². The molecule has 15 heavy (non-hydrogen) atoms. The molecule has 0 heterocycles. The average molecular weight is 213 g/mol. The van der Waals surface area contributed by atoms with Gasteiger partial charge < -0.3 is 14.8 Å². The third-order valence-electron chi connectivity index (χ3n) is 2.26. The molecule has 3 nitrogen and oxygen atoms in total. The van der Waals surface area contributed by atoms with Crippen LogP contribution in [-0.2, 0) is 4.74 Å². The van der Waals surface area contributed by atoms with E-state index in [2.05, 4.69) is 5.32 Å². The van der Waals surface area contributed by atoms with Gasteiger partial charge in [0.15, 0.2) is 0 Å². The standard InChI is InChI=1S/C11H16FNO2/c1-13-11(7-14-2)9-5-4-8(15-3)6-10(9)12/h4-6,11,13H,7H2,1-3H3. The number of methoxy groups -OCH3 is 2. The van der Waals surface area contributed by atoms with E-state index in [9.17, 15) is 4.39 Å². The van der Waals surface area contributed by atoms with Gasteiger partial charge in [-0.2, -0.15) is 0 Å². The molecule has 0 amide bonds. The number of likely N-dealkylation sites (N-methyl/N-ethyl adjacent to an activating group) is 1. The summed E-state index contributed by atoms with van der Waals surface area (Å²) < 4.78 is 23.6. The summed E-state index contributed by atoms with van der Waals surface area (Å²) in [6.07, 6.45) is 0. The van der Waals surface area contributed by atoms with E-state index >= 15 is 0 Å². The summed E-state index contributed by atoms with van der Waals surface area (Å²) in [6, 6.07) is 4.67. The minimum atomic E-state index is -0.286. The zero-order valence-corrected chi connectivity index (χ0v) is 9.21. The lowest BCUT2D eigenvalue weighted by atomic mass is 10.1. The third-order valence-corrected chi connectivity index (χ3v) is 2.26. The van der Waals surface area contributed by atoms with E-state index in [-0.39, 0.29) is 11.9 Å². The molecular weight excluding hydrogens is 197 g/mol. The number of hydrogen-bond acceptors (Lipinski definition) is 3. The molecule has 1 aromatic rings.